The van der Waals surface area contributed by atoms with Crippen LogP contribution in [0.2, 0.25) is 15.2 Å². The molecule has 2 fully saturated rings. The average Bonchev–Trinajstić information content (AvgIpc) is 3.69. The normalized spacial score (nSPS) is 17.4. The summed E-state index contributed by atoms with van der Waals surface area (Å²) in [7, 11) is 1.60. The number of methoxy groups -OCH3 is 1. The second-order valence-electron chi connectivity index (χ2n) is 12.2. The molecule has 2 amide bonds. The van der Waals surface area contributed by atoms with Crippen molar-refractivity contribution in [1.82, 2.24) is 31.2 Å². The lowest BCUT2D eigenvalue weighted by Gasteiger charge is -2.16. The predicted octanol–water partition coefficient (Wildman–Crippen LogP) is 6.49. The lowest BCUT2D eigenvalue weighted by Crippen LogP contribution is -2.35. The van der Waals surface area contributed by atoms with E-state index in [0.29, 0.717) is 71.5 Å². The Balaban J connectivity index is 1.21. The third-order valence-electron chi connectivity index (χ3n) is 8.84. The van der Waals surface area contributed by atoms with Gasteiger partial charge in [-0.05, 0) is 37.5 Å². The topological polar surface area (TPSA) is 117 Å². The zero-order valence-corrected chi connectivity index (χ0v) is 29.0. The first-order valence-electron chi connectivity index (χ1n) is 16.0. The number of nitrogens with zero attached hydrogens (tertiary/aromatic N) is 2. The minimum atomic E-state index is 0.0951. The lowest BCUT2D eigenvalue weighted by atomic mass is 9.97. The van der Waals surface area contributed by atoms with E-state index in [1.807, 2.05) is 61.5 Å². The van der Waals surface area contributed by atoms with E-state index in [1.165, 1.54) is 0 Å². The summed E-state index contributed by atoms with van der Waals surface area (Å²) < 4.78 is 5.64. The van der Waals surface area contributed by atoms with E-state index >= 15 is 0 Å². The quantitative estimate of drug-likeness (QED) is 0.124. The third kappa shape index (κ3) is 7.61. The molecule has 12 heteroatoms. The average molecular weight is 708 g/mol. The maximum atomic E-state index is 11.5. The SMILES string of the molecule is COc1nc(-c2cccc(-c3cccc(-c4cc(C)c(CNC[C@@H]5CCC(=O)N5)c(Cl)n4)c3Cl)c2Cl)ccc1CNC[C@@H]1CCC(=O)N1. The first kappa shape index (κ1) is 34.1. The Bertz CT molecular complexity index is 1830. The molecule has 2 saturated heterocycles. The van der Waals surface area contributed by atoms with Gasteiger partial charge in [-0.15, -0.1) is 0 Å². The van der Waals surface area contributed by atoms with Crippen molar-refractivity contribution in [2.75, 3.05) is 20.2 Å². The summed E-state index contributed by atoms with van der Waals surface area (Å²) in [4.78, 5) is 32.5. The van der Waals surface area contributed by atoms with Crippen molar-refractivity contribution in [1.29, 1.82) is 0 Å². The summed E-state index contributed by atoms with van der Waals surface area (Å²) in [5, 5.41) is 14.1. The molecule has 0 spiro atoms. The maximum absolute atomic E-state index is 11.5. The van der Waals surface area contributed by atoms with Crippen LogP contribution in [0.3, 0.4) is 0 Å². The number of aromatic nitrogens is 2. The number of rotatable bonds is 12. The second-order valence-corrected chi connectivity index (χ2v) is 13.3. The van der Waals surface area contributed by atoms with Crippen LogP contribution in [-0.2, 0) is 22.7 Å². The Kier molecular flexibility index (Phi) is 10.8. The molecule has 2 aromatic carbocycles. The molecule has 2 aliphatic rings. The largest absolute Gasteiger partial charge is 0.481 e. The standard InChI is InChI=1S/C36H37Cl3N6O3/c1-20-15-30(44-35(39)28(20)19-41-18-23-11-14-32(47)43-23)27-8-4-6-25(34(27)38)24-5-3-7-26(33(24)37)29-12-9-21(36(45-29)48-2)16-40-17-22-10-13-31(46)42-22/h3-9,12,15,22-23,40-41H,10-11,13-14,16-19H2,1-2H3,(H,42,46)(H,43,47)/t22-,23-/m0/s1. The highest BCUT2D eigenvalue weighted by molar-refractivity contribution is 6.39. The van der Waals surface area contributed by atoms with E-state index in [9.17, 15) is 9.59 Å². The first-order chi connectivity index (χ1) is 23.2. The number of halogens is 3. The van der Waals surface area contributed by atoms with E-state index in [4.69, 9.17) is 49.5 Å². The van der Waals surface area contributed by atoms with Crippen molar-refractivity contribution in [2.24, 2.45) is 0 Å². The van der Waals surface area contributed by atoms with Gasteiger partial charge in [0.15, 0.2) is 0 Å². The molecule has 0 unspecified atom stereocenters. The minimum absolute atomic E-state index is 0.0951. The molecular formula is C36H37Cl3N6O3. The number of carbonyl (C=O) groups excluding carboxylic acids is 2. The van der Waals surface area contributed by atoms with Gasteiger partial charge in [0.05, 0.1) is 28.5 Å². The van der Waals surface area contributed by atoms with Crippen LogP contribution < -0.4 is 26.0 Å². The Hall–Kier alpha value is -3.73. The molecule has 9 nitrogen and oxygen atoms in total. The van der Waals surface area contributed by atoms with Crippen molar-refractivity contribution in [2.45, 2.75) is 57.8 Å². The number of pyridine rings is 2. The highest BCUT2D eigenvalue weighted by Crippen LogP contribution is 2.42. The fourth-order valence-electron chi connectivity index (χ4n) is 6.23. The molecule has 4 N–H and O–H groups in total. The van der Waals surface area contributed by atoms with Crippen LogP contribution in [0.1, 0.15) is 42.4 Å². The van der Waals surface area contributed by atoms with Crippen LogP contribution in [0.5, 0.6) is 5.88 Å². The van der Waals surface area contributed by atoms with Gasteiger partial charge < -0.3 is 26.0 Å². The van der Waals surface area contributed by atoms with E-state index < -0.39 is 0 Å². The second kappa shape index (κ2) is 15.2. The van der Waals surface area contributed by atoms with Crippen LogP contribution in [0.4, 0.5) is 0 Å². The summed E-state index contributed by atoms with van der Waals surface area (Å²) >= 11 is 20.9. The van der Waals surface area contributed by atoms with Crippen molar-refractivity contribution >= 4 is 46.6 Å². The lowest BCUT2D eigenvalue weighted by molar-refractivity contribution is -0.120. The summed E-state index contributed by atoms with van der Waals surface area (Å²) in [6.45, 7) is 4.43. The van der Waals surface area contributed by atoms with E-state index in [-0.39, 0.29) is 23.9 Å². The zero-order valence-electron chi connectivity index (χ0n) is 26.8. The van der Waals surface area contributed by atoms with Gasteiger partial charge in [0, 0.05) is 84.5 Å². The molecule has 2 aliphatic heterocycles. The van der Waals surface area contributed by atoms with Gasteiger partial charge in [-0.25, -0.2) is 9.97 Å². The molecular weight excluding hydrogens is 671 g/mol. The number of hydrogen-bond acceptors (Lipinski definition) is 7. The monoisotopic (exact) mass is 706 g/mol. The van der Waals surface area contributed by atoms with Crippen molar-refractivity contribution in [3.63, 3.8) is 0 Å². The molecule has 0 radical (unpaired) electrons. The van der Waals surface area contributed by atoms with Gasteiger partial charge >= 0.3 is 0 Å². The smallest absolute Gasteiger partial charge is 0.220 e. The molecule has 0 saturated carbocycles. The fraction of sp³-hybridized carbons (Fsp3) is 0.333. The Morgan fingerprint density at radius 1 is 0.771 bits per heavy atom. The van der Waals surface area contributed by atoms with Gasteiger partial charge in [-0.2, -0.15) is 0 Å². The highest BCUT2D eigenvalue weighted by Gasteiger charge is 2.22. The van der Waals surface area contributed by atoms with Crippen LogP contribution in [-0.4, -0.2) is 54.1 Å². The Morgan fingerprint density at radius 2 is 1.33 bits per heavy atom. The van der Waals surface area contributed by atoms with E-state index in [2.05, 4.69) is 21.3 Å². The Morgan fingerprint density at radius 3 is 1.88 bits per heavy atom. The molecule has 0 bridgehead atoms. The van der Waals surface area contributed by atoms with Crippen LogP contribution in [0.15, 0.2) is 54.6 Å². The number of amides is 2. The van der Waals surface area contributed by atoms with Gasteiger partial charge in [0.1, 0.15) is 5.15 Å². The van der Waals surface area contributed by atoms with Crippen LogP contribution in [0, 0.1) is 6.92 Å². The van der Waals surface area contributed by atoms with Crippen molar-refractivity contribution in [3.8, 4) is 39.5 Å². The predicted molar refractivity (Wildman–Crippen MR) is 190 cm³/mol. The minimum Gasteiger partial charge on any atom is -0.481 e. The zero-order chi connectivity index (χ0) is 33.8. The summed E-state index contributed by atoms with van der Waals surface area (Å²) in [5.41, 5.74) is 7.12. The van der Waals surface area contributed by atoms with Gasteiger partial charge in [0.2, 0.25) is 17.7 Å². The third-order valence-corrected chi connectivity index (χ3v) is 9.96. The number of benzene rings is 2. The number of ether oxygens (including phenoxy) is 1. The summed E-state index contributed by atoms with van der Waals surface area (Å²) in [6.07, 6.45) is 2.80. The summed E-state index contributed by atoms with van der Waals surface area (Å²) in [5.74, 6) is 0.692. The van der Waals surface area contributed by atoms with Crippen molar-refractivity contribution < 1.29 is 14.3 Å². The van der Waals surface area contributed by atoms with Gasteiger partial charge in [-0.3, -0.25) is 9.59 Å². The molecule has 4 heterocycles. The molecule has 6 rings (SSSR count). The maximum Gasteiger partial charge on any atom is 0.220 e. The first-order valence-corrected chi connectivity index (χ1v) is 17.1. The van der Waals surface area contributed by atoms with Gasteiger partial charge in [-0.1, -0.05) is 77.3 Å². The van der Waals surface area contributed by atoms with Crippen LogP contribution >= 0.6 is 34.8 Å². The van der Waals surface area contributed by atoms with Gasteiger partial charge in [0.25, 0.3) is 0 Å². The Labute approximate surface area is 295 Å². The number of aryl methyl sites for hydroxylation is 1. The van der Waals surface area contributed by atoms with E-state index in [1.54, 1.807) is 7.11 Å². The molecule has 250 valence electrons. The molecule has 2 atom stereocenters. The number of hydrogen-bond donors (Lipinski definition) is 4. The van der Waals surface area contributed by atoms with Crippen LogP contribution in [0.25, 0.3) is 33.6 Å². The molecule has 2 aromatic heterocycles. The highest BCUT2D eigenvalue weighted by atomic mass is 35.5. The number of nitrogens with one attached hydrogen (secondary N) is 4. The molecule has 48 heavy (non-hydrogen) atoms. The molecule has 4 aromatic rings. The molecule has 0 aliphatic carbocycles. The van der Waals surface area contributed by atoms with Crippen molar-refractivity contribution in [3.05, 3.63) is 86.5 Å². The fourth-order valence-corrected chi connectivity index (χ4v) is 7.19. The summed E-state index contributed by atoms with van der Waals surface area (Å²) in [6, 6.07) is 17.7. The number of carbonyl (C=O) groups is 2. The van der Waals surface area contributed by atoms with E-state index in [0.717, 1.165) is 51.8 Å².